The largest absolute Gasteiger partial charge is 0.478 e. The van der Waals surface area contributed by atoms with Crippen LogP contribution in [0.2, 0.25) is 0 Å². The van der Waals surface area contributed by atoms with Crippen molar-refractivity contribution in [3.05, 3.63) is 35.4 Å². The lowest BCUT2D eigenvalue weighted by atomic mass is 10.1. The minimum absolute atomic E-state index is 0.100. The summed E-state index contributed by atoms with van der Waals surface area (Å²) in [5.74, 6) is -1.14. The van der Waals surface area contributed by atoms with Crippen molar-refractivity contribution in [1.29, 1.82) is 0 Å². The van der Waals surface area contributed by atoms with Crippen LogP contribution in [0.5, 0.6) is 0 Å². The van der Waals surface area contributed by atoms with Gasteiger partial charge in [-0.1, -0.05) is 6.07 Å². The number of para-hydroxylation sites is 1. The van der Waals surface area contributed by atoms with Crippen molar-refractivity contribution in [2.75, 3.05) is 0 Å². The average molecular weight is 248 g/mol. The van der Waals surface area contributed by atoms with Gasteiger partial charge in [0.15, 0.2) is 5.82 Å². The van der Waals surface area contributed by atoms with E-state index in [1.165, 1.54) is 22.9 Å². The maximum absolute atomic E-state index is 13.9. The average Bonchev–Trinajstić information content (AvgIpc) is 3.07. The van der Waals surface area contributed by atoms with Gasteiger partial charge in [-0.15, -0.1) is 5.10 Å². The molecular weight excluding hydrogens is 239 g/mol. The minimum Gasteiger partial charge on any atom is -0.478 e. The molecule has 92 valence electrons. The molecule has 1 fully saturated rings. The molecule has 0 radical (unpaired) electrons. The Balaban J connectivity index is 2.21. The quantitative estimate of drug-likeness (QED) is 0.887. The highest BCUT2D eigenvalue weighted by molar-refractivity contribution is 5.92. The molecular formula is C11H9FN4O2. The second-order valence-electron chi connectivity index (χ2n) is 4.16. The summed E-state index contributed by atoms with van der Waals surface area (Å²) in [4.78, 5) is 11.1. The van der Waals surface area contributed by atoms with Crippen molar-refractivity contribution >= 4 is 5.97 Å². The zero-order chi connectivity index (χ0) is 12.7. The normalized spacial score (nSPS) is 14.7. The molecule has 1 saturated carbocycles. The summed E-state index contributed by atoms with van der Waals surface area (Å²) in [6.07, 6.45) is 1.88. The van der Waals surface area contributed by atoms with E-state index in [-0.39, 0.29) is 17.2 Å². The first-order valence-corrected chi connectivity index (χ1v) is 5.49. The fourth-order valence-electron chi connectivity index (χ4n) is 1.85. The third-order valence-electron chi connectivity index (χ3n) is 2.87. The first-order valence-electron chi connectivity index (χ1n) is 5.49. The molecule has 3 rings (SSSR count). The molecule has 1 aromatic heterocycles. The van der Waals surface area contributed by atoms with Gasteiger partial charge in [0, 0.05) is 5.92 Å². The van der Waals surface area contributed by atoms with E-state index < -0.39 is 11.8 Å². The molecule has 2 aromatic rings. The van der Waals surface area contributed by atoms with Gasteiger partial charge in [0.05, 0.1) is 5.56 Å². The molecule has 6 nitrogen and oxygen atoms in total. The van der Waals surface area contributed by atoms with Crippen LogP contribution in [0.4, 0.5) is 4.39 Å². The molecule has 1 heterocycles. The summed E-state index contributed by atoms with van der Waals surface area (Å²) in [6, 6.07) is 3.88. The fourth-order valence-corrected chi connectivity index (χ4v) is 1.85. The Morgan fingerprint density at radius 3 is 2.89 bits per heavy atom. The molecule has 1 N–H and O–H groups in total. The van der Waals surface area contributed by atoms with Gasteiger partial charge in [0.25, 0.3) is 0 Å². The van der Waals surface area contributed by atoms with E-state index >= 15 is 0 Å². The number of hydrogen-bond donors (Lipinski definition) is 1. The van der Waals surface area contributed by atoms with Crippen LogP contribution in [-0.4, -0.2) is 31.3 Å². The van der Waals surface area contributed by atoms with E-state index in [9.17, 15) is 9.18 Å². The Bertz CT molecular complexity index is 621. The van der Waals surface area contributed by atoms with Gasteiger partial charge in [0.2, 0.25) is 0 Å². The molecule has 7 heteroatoms. The van der Waals surface area contributed by atoms with Crippen LogP contribution in [0.3, 0.4) is 0 Å². The molecule has 0 amide bonds. The highest BCUT2D eigenvalue weighted by Crippen LogP contribution is 2.39. The molecule has 1 aliphatic rings. The van der Waals surface area contributed by atoms with Gasteiger partial charge >= 0.3 is 5.97 Å². The third-order valence-corrected chi connectivity index (χ3v) is 2.87. The lowest BCUT2D eigenvalue weighted by Gasteiger charge is -2.08. The summed E-state index contributed by atoms with van der Waals surface area (Å²) in [7, 11) is 0. The summed E-state index contributed by atoms with van der Waals surface area (Å²) in [5.41, 5.74) is -0.249. The molecule has 1 aromatic carbocycles. The molecule has 0 bridgehead atoms. The van der Waals surface area contributed by atoms with E-state index in [1.54, 1.807) is 0 Å². The predicted octanol–water partition coefficient (Wildman–Crippen LogP) is 1.38. The minimum atomic E-state index is -1.21. The van der Waals surface area contributed by atoms with E-state index in [1.807, 2.05) is 0 Å². The molecule has 0 spiro atoms. The van der Waals surface area contributed by atoms with E-state index in [0.29, 0.717) is 5.82 Å². The molecule has 0 aliphatic heterocycles. The zero-order valence-corrected chi connectivity index (χ0v) is 9.25. The van der Waals surface area contributed by atoms with Crippen LogP contribution in [0.15, 0.2) is 18.2 Å². The first kappa shape index (κ1) is 10.8. The SMILES string of the molecule is O=C(O)c1cccc(F)c1-n1nnnc1C1CC1. The Hall–Kier alpha value is -2.31. The van der Waals surface area contributed by atoms with Crippen LogP contribution in [0.1, 0.15) is 34.9 Å². The monoisotopic (exact) mass is 248 g/mol. The molecule has 0 atom stereocenters. The zero-order valence-electron chi connectivity index (χ0n) is 9.25. The maximum atomic E-state index is 13.9. The van der Waals surface area contributed by atoms with Gasteiger partial charge in [-0.05, 0) is 35.4 Å². The fraction of sp³-hybridized carbons (Fsp3) is 0.273. The number of carbonyl (C=O) groups is 1. The van der Waals surface area contributed by atoms with E-state index in [0.717, 1.165) is 12.8 Å². The molecule has 18 heavy (non-hydrogen) atoms. The number of hydrogen-bond acceptors (Lipinski definition) is 4. The number of aromatic nitrogens is 4. The highest BCUT2D eigenvalue weighted by Gasteiger charge is 2.31. The number of rotatable bonds is 3. The van der Waals surface area contributed by atoms with E-state index in [4.69, 9.17) is 5.11 Å². The summed E-state index contributed by atoms with van der Waals surface area (Å²) in [5, 5.41) is 20.1. The predicted molar refractivity (Wildman–Crippen MR) is 58.0 cm³/mol. The van der Waals surface area contributed by atoms with Gasteiger partial charge in [-0.3, -0.25) is 0 Å². The standard InChI is InChI=1S/C11H9FN4O2/c12-8-3-1-2-7(11(17)18)9(8)16-10(6-4-5-6)13-14-15-16/h1-3,6H,4-5H2,(H,17,18). The number of aromatic carboxylic acids is 1. The number of carboxylic acid groups (broad SMARTS) is 1. The van der Waals surface area contributed by atoms with Crippen LogP contribution in [-0.2, 0) is 0 Å². The van der Waals surface area contributed by atoms with E-state index in [2.05, 4.69) is 15.5 Å². The van der Waals surface area contributed by atoms with Crippen molar-refractivity contribution in [1.82, 2.24) is 20.2 Å². The third kappa shape index (κ3) is 1.64. The van der Waals surface area contributed by atoms with Crippen molar-refractivity contribution in [2.45, 2.75) is 18.8 Å². The van der Waals surface area contributed by atoms with Gasteiger partial charge < -0.3 is 5.11 Å². The van der Waals surface area contributed by atoms with Crippen molar-refractivity contribution in [2.24, 2.45) is 0 Å². The Morgan fingerprint density at radius 2 is 2.22 bits per heavy atom. The van der Waals surface area contributed by atoms with Crippen LogP contribution in [0.25, 0.3) is 5.69 Å². The number of tetrazole rings is 1. The van der Waals surface area contributed by atoms with Crippen molar-refractivity contribution in [3.63, 3.8) is 0 Å². The number of nitrogens with zero attached hydrogens (tertiary/aromatic N) is 4. The Labute approximate surface area is 101 Å². The Kier molecular flexibility index (Phi) is 2.32. The van der Waals surface area contributed by atoms with Gasteiger partial charge in [0.1, 0.15) is 11.5 Å². The highest BCUT2D eigenvalue weighted by atomic mass is 19.1. The van der Waals surface area contributed by atoms with Crippen LogP contribution >= 0.6 is 0 Å². The van der Waals surface area contributed by atoms with Crippen molar-refractivity contribution in [3.8, 4) is 5.69 Å². The Morgan fingerprint density at radius 1 is 1.44 bits per heavy atom. The second kappa shape index (κ2) is 3.86. The van der Waals surface area contributed by atoms with Crippen molar-refractivity contribution < 1.29 is 14.3 Å². The topological polar surface area (TPSA) is 80.9 Å². The van der Waals surface area contributed by atoms with Gasteiger partial charge in [-0.25, -0.2) is 9.18 Å². The summed E-state index contributed by atoms with van der Waals surface area (Å²) < 4.78 is 15.0. The smallest absolute Gasteiger partial charge is 0.338 e. The van der Waals surface area contributed by atoms with Crippen LogP contribution < -0.4 is 0 Å². The summed E-state index contributed by atoms with van der Waals surface area (Å²) >= 11 is 0. The molecule has 0 unspecified atom stereocenters. The number of halogens is 1. The molecule has 1 aliphatic carbocycles. The molecule has 0 saturated heterocycles. The summed E-state index contributed by atoms with van der Waals surface area (Å²) in [6.45, 7) is 0. The lowest BCUT2D eigenvalue weighted by Crippen LogP contribution is -2.11. The number of carboxylic acids is 1. The lowest BCUT2D eigenvalue weighted by molar-refractivity contribution is 0.0696. The van der Waals surface area contributed by atoms with Gasteiger partial charge in [-0.2, -0.15) is 4.68 Å². The van der Waals surface area contributed by atoms with Crippen LogP contribution in [0, 0.1) is 5.82 Å². The maximum Gasteiger partial charge on any atom is 0.338 e. The second-order valence-corrected chi connectivity index (χ2v) is 4.16. The first-order chi connectivity index (χ1) is 8.68. The number of benzene rings is 1.